The van der Waals surface area contributed by atoms with Gasteiger partial charge in [0.05, 0.1) is 6.20 Å². The molecule has 1 atom stereocenters. The van der Waals surface area contributed by atoms with Crippen molar-refractivity contribution in [3.05, 3.63) is 60.2 Å². The highest BCUT2D eigenvalue weighted by molar-refractivity contribution is 5.92. The molecule has 1 aromatic heterocycles. The number of hydrogen-bond donors (Lipinski definition) is 0. The van der Waals surface area contributed by atoms with Crippen LogP contribution in [0, 0.1) is 5.41 Å². The smallest absolute Gasteiger partial charge is 0.274 e. The fraction of sp³-hybridized carbons (Fsp3) is 0.500. The summed E-state index contributed by atoms with van der Waals surface area (Å²) in [6.07, 6.45) is 8.12. The van der Waals surface area contributed by atoms with Crippen LogP contribution in [0.15, 0.2) is 48.9 Å². The van der Waals surface area contributed by atoms with E-state index in [0.29, 0.717) is 17.0 Å². The lowest BCUT2D eigenvalue weighted by Gasteiger charge is -2.50. The first-order chi connectivity index (χ1) is 13.2. The molecule has 1 amide bonds. The maximum Gasteiger partial charge on any atom is 0.274 e. The number of aromatic nitrogens is 2. The van der Waals surface area contributed by atoms with Gasteiger partial charge < -0.3 is 9.80 Å². The molecule has 0 aliphatic carbocycles. The summed E-state index contributed by atoms with van der Waals surface area (Å²) in [6, 6.07) is 10.9. The summed E-state index contributed by atoms with van der Waals surface area (Å²) in [6.45, 7) is 7.27. The summed E-state index contributed by atoms with van der Waals surface area (Å²) in [5, 5.41) is 0. The number of piperidine rings is 2. The summed E-state index contributed by atoms with van der Waals surface area (Å²) in [5.74, 6) is 0.600. The Balaban J connectivity index is 1.46. The third kappa shape index (κ3) is 3.88. The van der Waals surface area contributed by atoms with Crippen LogP contribution in [0.4, 0.5) is 0 Å². The highest BCUT2D eigenvalue weighted by atomic mass is 16.2. The molecular weight excluding hydrogens is 336 g/mol. The van der Waals surface area contributed by atoms with Gasteiger partial charge in [0.15, 0.2) is 0 Å². The second-order valence-electron chi connectivity index (χ2n) is 8.02. The van der Waals surface area contributed by atoms with Gasteiger partial charge in [0.25, 0.3) is 5.91 Å². The van der Waals surface area contributed by atoms with E-state index in [-0.39, 0.29) is 5.91 Å². The Labute approximate surface area is 161 Å². The van der Waals surface area contributed by atoms with Crippen LogP contribution in [0.5, 0.6) is 0 Å². The van der Waals surface area contributed by atoms with E-state index in [4.69, 9.17) is 0 Å². The van der Waals surface area contributed by atoms with E-state index in [1.165, 1.54) is 12.0 Å². The number of amides is 1. The molecule has 1 aromatic carbocycles. The van der Waals surface area contributed by atoms with Gasteiger partial charge in [0.1, 0.15) is 5.69 Å². The third-order valence-corrected chi connectivity index (χ3v) is 6.33. The second kappa shape index (κ2) is 7.77. The van der Waals surface area contributed by atoms with Crippen molar-refractivity contribution >= 4 is 5.91 Å². The minimum absolute atomic E-state index is 0.0146. The largest absolute Gasteiger partial charge is 0.337 e. The Bertz CT molecular complexity index is 756. The Morgan fingerprint density at radius 2 is 1.96 bits per heavy atom. The molecule has 4 rings (SSSR count). The molecule has 3 heterocycles. The maximum atomic E-state index is 12.7. The number of carbonyl (C=O) groups is 1. The zero-order chi connectivity index (χ0) is 18.7. The van der Waals surface area contributed by atoms with E-state index in [2.05, 4.69) is 52.1 Å². The molecule has 142 valence electrons. The van der Waals surface area contributed by atoms with Crippen LogP contribution < -0.4 is 0 Å². The summed E-state index contributed by atoms with van der Waals surface area (Å²) < 4.78 is 0. The van der Waals surface area contributed by atoms with E-state index < -0.39 is 0 Å². The zero-order valence-electron chi connectivity index (χ0n) is 16.1. The van der Waals surface area contributed by atoms with Crippen LogP contribution >= 0.6 is 0 Å². The van der Waals surface area contributed by atoms with Crippen molar-refractivity contribution in [2.75, 3.05) is 32.7 Å². The predicted molar refractivity (Wildman–Crippen MR) is 106 cm³/mol. The first-order valence-electron chi connectivity index (χ1n) is 10.0. The molecule has 2 aliphatic heterocycles. The van der Waals surface area contributed by atoms with E-state index in [0.717, 1.165) is 45.6 Å². The van der Waals surface area contributed by atoms with E-state index in [1.807, 2.05) is 4.90 Å². The van der Waals surface area contributed by atoms with Gasteiger partial charge in [-0.2, -0.15) is 0 Å². The monoisotopic (exact) mass is 364 g/mol. The molecule has 2 saturated heterocycles. The van der Waals surface area contributed by atoms with Crippen molar-refractivity contribution in [1.82, 2.24) is 19.8 Å². The number of likely N-dealkylation sites (N-methyl/N-ethyl adjacent to an activating group) is 1. The summed E-state index contributed by atoms with van der Waals surface area (Å²) in [4.78, 5) is 25.4. The van der Waals surface area contributed by atoms with Crippen molar-refractivity contribution in [2.45, 2.75) is 32.1 Å². The summed E-state index contributed by atoms with van der Waals surface area (Å²) in [7, 11) is 0. The lowest BCUT2D eigenvalue weighted by molar-refractivity contribution is 0.0156. The number of nitrogens with zero attached hydrogens (tertiary/aromatic N) is 4. The van der Waals surface area contributed by atoms with Crippen molar-refractivity contribution in [3.8, 4) is 0 Å². The Kier molecular flexibility index (Phi) is 5.21. The SMILES string of the molecule is CCN1C[C@@H](c2ccccc2)CC2(CCN(C(=O)c3cnccn3)CC2)C1. The van der Waals surface area contributed by atoms with Gasteiger partial charge in [0.2, 0.25) is 0 Å². The first kappa shape index (κ1) is 18.1. The summed E-state index contributed by atoms with van der Waals surface area (Å²) >= 11 is 0. The normalized spacial score (nSPS) is 22.7. The van der Waals surface area contributed by atoms with E-state index >= 15 is 0 Å². The fourth-order valence-electron chi connectivity index (χ4n) is 4.81. The minimum atomic E-state index is 0.0146. The van der Waals surface area contributed by atoms with Crippen LogP contribution in [-0.2, 0) is 0 Å². The maximum absolute atomic E-state index is 12.7. The van der Waals surface area contributed by atoms with Gasteiger partial charge in [-0.1, -0.05) is 37.3 Å². The number of carbonyl (C=O) groups excluding carboxylic acids is 1. The standard InChI is InChI=1S/C22H28N4O/c1-2-25-16-19(18-6-4-3-5-7-18)14-22(17-25)8-12-26(13-9-22)21(27)20-15-23-10-11-24-20/h3-7,10-11,15,19H,2,8-9,12-14,16-17H2,1H3/t19-/m0/s1. The minimum Gasteiger partial charge on any atom is -0.337 e. The van der Waals surface area contributed by atoms with Gasteiger partial charge in [0, 0.05) is 38.6 Å². The third-order valence-electron chi connectivity index (χ3n) is 6.33. The Hall–Kier alpha value is -2.27. The average Bonchev–Trinajstić information content (AvgIpc) is 2.75. The van der Waals surface area contributed by atoms with E-state index in [1.54, 1.807) is 18.6 Å². The van der Waals surface area contributed by atoms with E-state index in [9.17, 15) is 4.79 Å². The Morgan fingerprint density at radius 3 is 2.63 bits per heavy atom. The molecule has 0 bridgehead atoms. The topological polar surface area (TPSA) is 49.3 Å². The number of benzene rings is 1. The van der Waals surface area contributed by atoms with Crippen molar-refractivity contribution < 1.29 is 4.79 Å². The quantitative estimate of drug-likeness (QED) is 0.839. The molecule has 0 radical (unpaired) electrons. The van der Waals surface area contributed by atoms with Crippen molar-refractivity contribution in [3.63, 3.8) is 0 Å². The van der Waals surface area contributed by atoms with Crippen LogP contribution in [0.25, 0.3) is 0 Å². The molecule has 2 aliphatic rings. The van der Waals surface area contributed by atoms with Crippen LogP contribution in [0.1, 0.15) is 48.2 Å². The summed E-state index contributed by atoms with van der Waals surface area (Å²) in [5.41, 5.74) is 2.22. The highest BCUT2D eigenvalue weighted by Crippen LogP contribution is 2.45. The van der Waals surface area contributed by atoms with Gasteiger partial charge in [-0.3, -0.25) is 9.78 Å². The van der Waals surface area contributed by atoms with Crippen LogP contribution in [0.3, 0.4) is 0 Å². The molecule has 2 fully saturated rings. The highest BCUT2D eigenvalue weighted by Gasteiger charge is 2.42. The molecule has 5 heteroatoms. The average molecular weight is 364 g/mol. The molecular formula is C22H28N4O. The van der Waals surface area contributed by atoms with Crippen molar-refractivity contribution in [2.24, 2.45) is 5.41 Å². The number of likely N-dealkylation sites (tertiary alicyclic amines) is 2. The molecule has 0 saturated carbocycles. The molecule has 5 nitrogen and oxygen atoms in total. The van der Waals surface area contributed by atoms with Crippen LogP contribution in [-0.4, -0.2) is 58.4 Å². The van der Waals surface area contributed by atoms with Gasteiger partial charge >= 0.3 is 0 Å². The molecule has 1 spiro atoms. The fourth-order valence-corrected chi connectivity index (χ4v) is 4.81. The molecule has 27 heavy (non-hydrogen) atoms. The van der Waals surface area contributed by atoms with Gasteiger partial charge in [-0.15, -0.1) is 0 Å². The lowest BCUT2D eigenvalue weighted by Crippen LogP contribution is -2.52. The predicted octanol–water partition coefficient (Wildman–Crippen LogP) is 3.21. The second-order valence-corrected chi connectivity index (χ2v) is 8.02. The van der Waals surface area contributed by atoms with Gasteiger partial charge in [-0.25, -0.2) is 4.98 Å². The zero-order valence-corrected chi connectivity index (χ0v) is 16.1. The van der Waals surface area contributed by atoms with Gasteiger partial charge in [-0.05, 0) is 42.7 Å². The van der Waals surface area contributed by atoms with Crippen molar-refractivity contribution in [1.29, 1.82) is 0 Å². The Morgan fingerprint density at radius 1 is 1.19 bits per heavy atom. The molecule has 2 aromatic rings. The number of rotatable bonds is 3. The lowest BCUT2D eigenvalue weighted by atomic mass is 9.68. The first-order valence-corrected chi connectivity index (χ1v) is 10.0. The van der Waals surface area contributed by atoms with Crippen LogP contribution in [0.2, 0.25) is 0 Å². The number of hydrogen-bond acceptors (Lipinski definition) is 4. The molecule has 0 unspecified atom stereocenters. The molecule has 0 N–H and O–H groups in total.